The minimum atomic E-state index is -2.94. The molecule has 2 unspecified atom stereocenters. The summed E-state index contributed by atoms with van der Waals surface area (Å²) >= 11 is 2.04. The van der Waals surface area contributed by atoms with Crippen LogP contribution in [0.5, 0.6) is 0 Å². The summed E-state index contributed by atoms with van der Waals surface area (Å²) < 4.78 is 27.2. The third-order valence-electron chi connectivity index (χ3n) is 3.49. The van der Waals surface area contributed by atoms with Gasteiger partial charge in [-0.25, -0.2) is 8.42 Å². The minimum absolute atomic E-state index is 0. The second kappa shape index (κ2) is 12.6. The van der Waals surface area contributed by atoms with E-state index in [2.05, 4.69) is 22.5 Å². The highest BCUT2D eigenvalue weighted by Gasteiger charge is 2.24. The van der Waals surface area contributed by atoms with Gasteiger partial charge >= 0.3 is 0 Å². The van der Waals surface area contributed by atoms with Crippen LogP contribution in [0.1, 0.15) is 26.2 Å². The molecule has 0 radical (unpaired) electrons. The maximum Gasteiger partial charge on any atom is 0.191 e. The van der Waals surface area contributed by atoms with E-state index >= 15 is 0 Å². The molecule has 138 valence electrons. The van der Waals surface area contributed by atoms with Crippen molar-refractivity contribution in [1.82, 2.24) is 10.6 Å². The number of sulfone groups is 1. The number of halogens is 1. The van der Waals surface area contributed by atoms with Crippen LogP contribution in [0.25, 0.3) is 0 Å². The highest BCUT2D eigenvalue weighted by molar-refractivity contribution is 14.0. The number of guanidine groups is 1. The normalized spacial score (nSPS) is 21.8. The van der Waals surface area contributed by atoms with Crippen molar-refractivity contribution >= 4 is 51.5 Å². The summed E-state index contributed by atoms with van der Waals surface area (Å²) in [5, 5.41) is 7.41. The summed E-state index contributed by atoms with van der Waals surface area (Å²) in [5.41, 5.74) is 0. The van der Waals surface area contributed by atoms with Gasteiger partial charge in [0.05, 0.1) is 19.0 Å². The number of rotatable bonds is 9. The molecular weight excluding hydrogens is 449 g/mol. The molecule has 1 aliphatic carbocycles. The molecule has 0 aromatic heterocycles. The Morgan fingerprint density at radius 1 is 1.35 bits per heavy atom. The lowest BCUT2D eigenvalue weighted by molar-refractivity contribution is 0.154. The van der Waals surface area contributed by atoms with E-state index < -0.39 is 9.84 Å². The molecule has 6 nitrogen and oxygen atoms in total. The molecule has 0 aliphatic heterocycles. The summed E-state index contributed by atoms with van der Waals surface area (Å²) in [4.78, 5) is 4.22. The molecule has 2 atom stereocenters. The SMILES string of the molecule is CCSC1CCC(NC(=NC)NCCOCCS(C)(=O)=O)C1.I. The van der Waals surface area contributed by atoms with Crippen molar-refractivity contribution in [3.05, 3.63) is 0 Å². The van der Waals surface area contributed by atoms with Crippen molar-refractivity contribution in [3.63, 3.8) is 0 Å². The number of ether oxygens (including phenoxy) is 1. The number of nitrogens with zero attached hydrogens (tertiary/aromatic N) is 1. The molecule has 1 aliphatic rings. The first kappa shape index (κ1) is 23.3. The van der Waals surface area contributed by atoms with Gasteiger partial charge in [-0.05, 0) is 25.0 Å². The Bertz CT molecular complexity index is 447. The van der Waals surface area contributed by atoms with Gasteiger partial charge in [-0.3, -0.25) is 4.99 Å². The van der Waals surface area contributed by atoms with E-state index in [0.717, 1.165) is 11.2 Å². The molecule has 1 fully saturated rings. The lowest BCUT2D eigenvalue weighted by Crippen LogP contribution is -2.43. The maximum absolute atomic E-state index is 11.0. The zero-order valence-electron chi connectivity index (χ0n) is 14.2. The van der Waals surface area contributed by atoms with Gasteiger partial charge in [0.1, 0.15) is 9.84 Å². The van der Waals surface area contributed by atoms with E-state index in [1.165, 1.54) is 31.3 Å². The average molecular weight is 479 g/mol. The van der Waals surface area contributed by atoms with E-state index in [-0.39, 0.29) is 36.3 Å². The molecule has 0 amide bonds. The first-order chi connectivity index (χ1) is 10.4. The lowest BCUT2D eigenvalue weighted by Gasteiger charge is -2.17. The Labute approximate surface area is 161 Å². The molecule has 9 heteroatoms. The molecule has 1 rings (SSSR count). The van der Waals surface area contributed by atoms with E-state index in [1.807, 2.05) is 11.8 Å². The van der Waals surface area contributed by atoms with Crippen LogP contribution in [0.3, 0.4) is 0 Å². The molecular formula is C14H30IN3O3S2. The standard InChI is InChI=1S/C14H29N3O3S2.HI/c1-4-21-13-6-5-12(11-13)17-14(15-2)16-7-8-20-9-10-22(3,18)19;/h12-13H,4-11H2,1-3H3,(H2,15,16,17);1H. The third kappa shape index (κ3) is 11.4. The summed E-state index contributed by atoms with van der Waals surface area (Å²) in [6, 6.07) is 0.487. The van der Waals surface area contributed by atoms with Gasteiger partial charge in [-0.1, -0.05) is 6.92 Å². The molecule has 23 heavy (non-hydrogen) atoms. The van der Waals surface area contributed by atoms with Gasteiger partial charge < -0.3 is 15.4 Å². The van der Waals surface area contributed by atoms with Crippen molar-refractivity contribution in [3.8, 4) is 0 Å². The van der Waals surface area contributed by atoms with E-state index in [1.54, 1.807) is 7.05 Å². The largest absolute Gasteiger partial charge is 0.379 e. The quantitative estimate of drug-likeness (QED) is 0.226. The predicted molar refractivity (Wildman–Crippen MR) is 110 cm³/mol. The summed E-state index contributed by atoms with van der Waals surface area (Å²) in [6.07, 6.45) is 4.85. The van der Waals surface area contributed by atoms with Crippen molar-refractivity contribution in [2.45, 2.75) is 37.5 Å². The Hall–Kier alpha value is 0.260. The van der Waals surface area contributed by atoms with E-state index in [4.69, 9.17) is 4.74 Å². The Kier molecular flexibility index (Phi) is 12.7. The fourth-order valence-corrected chi connectivity index (χ4v) is 3.96. The van der Waals surface area contributed by atoms with Gasteiger partial charge in [0.15, 0.2) is 5.96 Å². The van der Waals surface area contributed by atoms with Crippen LogP contribution in [0.15, 0.2) is 4.99 Å². The maximum atomic E-state index is 11.0. The van der Waals surface area contributed by atoms with Crippen molar-refractivity contribution in [1.29, 1.82) is 0 Å². The van der Waals surface area contributed by atoms with Crippen LogP contribution in [0.4, 0.5) is 0 Å². The van der Waals surface area contributed by atoms with Crippen LogP contribution in [-0.2, 0) is 14.6 Å². The van der Waals surface area contributed by atoms with Crippen molar-refractivity contribution < 1.29 is 13.2 Å². The van der Waals surface area contributed by atoms with Gasteiger partial charge in [0.2, 0.25) is 0 Å². The highest BCUT2D eigenvalue weighted by Crippen LogP contribution is 2.29. The molecule has 0 saturated heterocycles. The van der Waals surface area contributed by atoms with Crippen LogP contribution >= 0.6 is 35.7 Å². The summed E-state index contributed by atoms with van der Waals surface area (Å²) in [7, 11) is -1.18. The third-order valence-corrected chi connectivity index (χ3v) is 5.63. The summed E-state index contributed by atoms with van der Waals surface area (Å²) in [6.45, 7) is 3.53. The molecule has 0 aromatic rings. The average Bonchev–Trinajstić information content (AvgIpc) is 2.88. The van der Waals surface area contributed by atoms with E-state index in [0.29, 0.717) is 19.2 Å². The predicted octanol–water partition coefficient (Wildman–Crippen LogP) is 1.50. The molecule has 0 spiro atoms. The van der Waals surface area contributed by atoms with Crippen molar-refractivity contribution in [2.24, 2.45) is 4.99 Å². The smallest absolute Gasteiger partial charge is 0.191 e. The number of nitrogens with one attached hydrogen (secondary N) is 2. The molecule has 2 N–H and O–H groups in total. The molecule has 0 heterocycles. The van der Waals surface area contributed by atoms with Crippen LogP contribution in [0.2, 0.25) is 0 Å². The van der Waals surface area contributed by atoms with Crippen LogP contribution in [-0.4, -0.2) is 70.2 Å². The van der Waals surface area contributed by atoms with Gasteiger partial charge in [0, 0.05) is 31.1 Å². The second-order valence-electron chi connectivity index (χ2n) is 5.47. The lowest BCUT2D eigenvalue weighted by atomic mass is 10.2. The molecule has 0 aromatic carbocycles. The first-order valence-corrected chi connectivity index (χ1v) is 10.9. The minimum Gasteiger partial charge on any atom is -0.379 e. The zero-order chi connectivity index (χ0) is 16.4. The first-order valence-electron chi connectivity index (χ1n) is 7.79. The number of thioether (sulfide) groups is 1. The monoisotopic (exact) mass is 479 g/mol. The fraction of sp³-hybridized carbons (Fsp3) is 0.929. The van der Waals surface area contributed by atoms with Gasteiger partial charge in [-0.2, -0.15) is 11.8 Å². The van der Waals surface area contributed by atoms with Crippen molar-refractivity contribution in [2.75, 3.05) is 44.6 Å². The number of hydrogen-bond acceptors (Lipinski definition) is 5. The Balaban J connectivity index is 0.00000484. The van der Waals surface area contributed by atoms with E-state index in [9.17, 15) is 8.42 Å². The van der Waals surface area contributed by atoms with Crippen LogP contribution < -0.4 is 10.6 Å². The number of hydrogen-bond donors (Lipinski definition) is 2. The fourth-order valence-electron chi connectivity index (χ4n) is 2.40. The zero-order valence-corrected chi connectivity index (χ0v) is 18.2. The molecule has 0 bridgehead atoms. The Morgan fingerprint density at radius 3 is 2.70 bits per heavy atom. The van der Waals surface area contributed by atoms with Crippen LogP contribution in [0, 0.1) is 0 Å². The summed E-state index contributed by atoms with van der Waals surface area (Å²) in [5.74, 6) is 2.03. The Morgan fingerprint density at radius 2 is 2.09 bits per heavy atom. The van der Waals surface area contributed by atoms with Gasteiger partial charge in [-0.15, -0.1) is 24.0 Å². The second-order valence-corrected chi connectivity index (χ2v) is 9.31. The highest BCUT2D eigenvalue weighted by atomic mass is 127. The topological polar surface area (TPSA) is 79.8 Å². The number of aliphatic imine (C=N–C) groups is 1. The molecule has 1 saturated carbocycles. The van der Waals surface area contributed by atoms with Gasteiger partial charge in [0.25, 0.3) is 0 Å².